The molecule has 0 aliphatic rings. The van der Waals surface area contributed by atoms with E-state index in [1.807, 2.05) is 13.8 Å². The highest BCUT2D eigenvalue weighted by Gasteiger charge is 2.17. The SMILES string of the molecule is CC(C)NC(=O)C(C)NC(=O)NC(C)CCC(=O)O. The minimum atomic E-state index is -0.904. The van der Waals surface area contributed by atoms with E-state index in [2.05, 4.69) is 16.0 Å². The number of urea groups is 1. The fourth-order valence-corrected chi connectivity index (χ4v) is 1.35. The van der Waals surface area contributed by atoms with Gasteiger partial charge in [0.2, 0.25) is 5.91 Å². The molecule has 0 aromatic carbocycles. The second kappa shape index (κ2) is 8.34. The Morgan fingerprint density at radius 1 is 1.00 bits per heavy atom. The van der Waals surface area contributed by atoms with Crippen molar-refractivity contribution >= 4 is 17.9 Å². The predicted octanol–water partition coefficient (Wildman–Crippen LogP) is 0.452. The van der Waals surface area contributed by atoms with Gasteiger partial charge in [0.1, 0.15) is 6.04 Å². The summed E-state index contributed by atoms with van der Waals surface area (Å²) in [4.78, 5) is 33.5. The Morgan fingerprint density at radius 2 is 1.58 bits per heavy atom. The van der Waals surface area contributed by atoms with Crippen LogP contribution in [0.3, 0.4) is 0 Å². The molecule has 4 N–H and O–H groups in total. The zero-order valence-corrected chi connectivity index (χ0v) is 11.8. The van der Waals surface area contributed by atoms with E-state index in [1.165, 1.54) is 0 Å². The van der Waals surface area contributed by atoms with Crippen LogP contribution >= 0.6 is 0 Å². The molecule has 110 valence electrons. The van der Waals surface area contributed by atoms with Crippen LogP contribution in [0.15, 0.2) is 0 Å². The molecule has 0 saturated carbocycles. The van der Waals surface area contributed by atoms with Crippen LogP contribution in [0.5, 0.6) is 0 Å². The Morgan fingerprint density at radius 3 is 2.05 bits per heavy atom. The molecule has 2 atom stereocenters. The summed E-state index contributed by atoms with van der Waals surface area (Å²) in [6.45, 7) is 6.96. The monoisotopic (exact) mass is 273 g/mol. The molecule has 2 unspecified atom stereocenters. The average molecular weight is 273 g/mol. The van der Waals surface area contributed by atoms with Crippen molar-refractivity contribution in [3.8, 4) is 0 Å². The van der Waals surface area contributed by atoms with Crippen molar-refractivity contribution in [3.63, 3.8) is 0 Å². The molecule has 0 saturated heterocycles. The normalized spacial score (nSPS) is 13.5. The van der Waals surface area contributed by atoms with Crippen LogP contribution in [0.2, 0.25) is 0 Å². The van der Waals surface area contributed by atoms with Crippen molar-refractivity contribution in [1.29, 1.82) is 0 Å². The molecule has 0 radical (unpaired) electrons. The third-order valence-corrected chi connectivity index (χ3v) is 2.34. The second-order valence-electron chi connectivity index (χ2n) is 4.84. The van der Waals surface area contributed by atoms with Crippen LogP contribution in [-0.2, 0) is 9.59 Å². The molecule has 0 bridgehead atoms. The quantitative estimate of drug-likeness (QED) is 0.540. The van der Waals surface area contributed by atoms with Crippen LogP contribution in [-0.4, -0.2) is 41.1 Å². The van der Waals surface area contributed by atoms with Gasteiger partial charge in [-0.05, 0) is 34.1 Å². The van der Waals surface area contributed by atoms with E-state index in [4.69, 9.17) is 5.11 Å². The first kappa shape index (κ1) is 17.2. The third kappa shape index (κ3) is 8.87. The maximum atomic E-state index is 11.6. The number of carbonyl (C=O) groups is 3. The molecule has 7 nitrogen and oxygen atoms in total. The van der Waals surface area contributed by atoms with Gasteiger partial charge in [0.25, 0.3) is 0 Å². The molecular weight excluding hydrogens is 250 g/mol. The molecule has 0 fully saturated rings. The number of nitrogens with one attached hydrogen (secondary N) is 3. The van der Waals surface area contributed by atoms with Gasteiger partial charge in [0.15, 0.2) is 0 Å². The molecule has 3 amide bonds. The Balaban J connectivity index is 4.02. The molecule has 0 aromatic rings. The molecule has 7 heteroatoms. The van der Waals surface area contributed by atoms with Crippen molar-refractivity contribution in [2.24, 2.45) is 0 Å². The fraction of sp³-hybridized carbons (Fsp3) is 0.750. The molecule has 0 heterocycles. The first-order valence-electron chi connectivity index (χ1n) is 6.31. The van der Waals surface area contributed by atoms with Gasteiger partial charge in [-0.25, -0.2) is 4.79 Å². The van der Waals surface area contributed by atoms with Crippen molar-refractivity contribution in [2.45, 2.75) is 58.7 Å². The topological polar surface area (TPSA) is 108 Å². The van der Waals surface area contributed by atoms with Crippen LogP contribution in [0, 0.1) is 0 Å². The summed E-state index contributed by atoms with van der Waals surface area (Å²) in [6, 6.07) is -1.39. The lowest BCUT2D eigenvalue weighted by molar-refractivity contribution is -0.137. The number of rotatable bonds is 7. The van der Waals surface area contributed by atoms with E-state index in [-0.39, 0.29) is 24.4 Å². The minimum absolute atomic E-state index is 0.00861. The second-order valence-corrected chi connectivity index (χ2v) is 4.84. The maximum Gasteiger partial charge on any atom is 0.315 e. The van der Waals surface area contributed by atoms with Gasteiger partial charge in [-0.2, -0.15) is 0 Å². The molecular formula is C12H23N3O4. The fourth-order valence-electron chi connectivity index (χ4n) is 1.35. The molecule has 0 aliphatic carbocycles. The van der Waals surface area contributed by atoms with E-state index < -0.39 is 18.0 Å². The Hall–Kier alpha value is -1.79. The summed E-state index contributed by atoms with van der Waals surface area (Å²) in [6.07, 6.45) is 0.333. The molecule has 0 aromatic heterocycles. The number of hydrogen-bond donors (Lipinski definition) is 4. The summed E-state index contributed by atoms with van der Waals surface area (Å²) in [5.74, 6) is -1.16. The van der Waals surface area contributed by atoms with Gasteiger partial charge in [-0.3, -0.25) is 9.59 Å². The van der Waals surface area contributed by atoms with Gasteiger partial charge in [-0.15, -0.1) is 0 Å². The Kier molecular flexibility index (Phi) is 7.55. The molecule has 0 spiro atoms. The van der Waals surface area contributed by atoms with E-state index in [9.17, 15) is 14.4 Å². The molecule has 0 rings (SSSR count). The summed E-state index contributed by atoms with van der Waals surface area (Å²) >= 11 is 0. The summed E-state index contributed by atoms with van der Waals surface area (Å²) in [5, 5.41) is 16.3. The minimum Gasteiger partial charge on any atom is -0.481 e. The summed E-state index contributed by atoms with van der Waals surface area (Å²) < 4.78 is 0. The van der Waals surface area contributed by atoms with Crippen LogP contribution in [0.25, 0.3) is 0 Å². The smallest absolute Gasteiger partial charge is 0.315 e. The Labute approximate surface area is 113 Å². The highest BCUT2D eigenvalue weighted by atomic mass is 16.4. The zero-order valence-electron chi connectivity index (χ0n) is 11.8. The number of carboxylic acids is 1. The first-order valence-corrected chi connectivity index (χ1v) is 6.31. The van der Waals surface area contributed by atoms with Gasteiger partial charge in [0, 0.05) is 18.5 Å². The van der Waals surface area contributed by atoms with Crippen LogP contribution in [0.4, 0.5) is 4.79 Å². The summed E-state index contributed by atoms with van der Waals surface area (Å²) in [7, 11) is 0. The Bertz CT molecular complexity index is 331. The van der Waals surface area contributed by atoms with Crippen LogP contribution in [0.1, 0.15) is 40.5 Å². The lowest BCUT2D eigenvalue weighted by atomic mass is 10.2. The highest BCUT2D eigenvalue weighted by molar-refractivity contribution is 5.86. The van der Waals surface area contributed by atoms with E-state index in [0.717, 1.165) is 0 Å². The van der Waals surface area contributed by atoms with Gasteiger partial charge >= 0.3 is 12.0 Å². The van der Waals surface area contributed by atoms with E-state index >= 15 is 0 Å². The first-order chi connectivity index (χ1) is 8.72. The largest absolute Gasteiger partial charge is 0.481 e. The van der Waals surface area contributed by atoms with Crippen molar-refractivity contribution in [3.05, 3.63) is 0 Å². The summed E-state index contributed by atoms with van der Waals surface area (Å²) in [5.41, 5.74) is 0. The van der Waals surface area contributed by atoms with Crippen molar-refractivity contribution in [1.82, 2.24) is 16.0 Å². The standard InChI is InChI=1S/C12H23N3O4/c1-7(2)13-11(18)9(4)15-12(19)14-8(3)5-6-10(16)17/h7-9H,5-6H2,1-4H3,(H,13,18)(H,16,17)(H2,14,15,19). The van der Waals surface area contributed by atoms with E-state index in [0.29, 0.717) is 6.42 Å². The van der Waals surface area contributed by atoms with E-state index in [1.54, 1.807) is 13.8 Å². The lowest BCUT2D eigenvalue weighted by Crippen LogP contribution is -2.51. The third-order valence-electron chi connectivity index (χ3n) is 2.34. The number of carbonyl (C=O) groups excluding carboxylic acids is 2. The van der Waals surface area contributed by atoms with Gasteiger partial charge < -0.3 is 21.1 Å². The van der Waals surface area contributed by atoms with Crippen molar-refractivity contribution in [2.75, 3.05) is 0 Å². The lowest BCUT2D eigenvalue weighted by Gasteiger charge is -2.18. The van der Waals surface area contributed by atoms with Crippen LogP contribution < -0.4 is 16.0 Å². The van der Waals surface area contributed by atoms with Crippen molar-refractivity contribution < 1.29 is 19.5 Å². The van der Waals surface area contributed by atoms with Gasteiger partial charge in [-0.1, -0.05) is 0 Å². The molecule has 0 aliphatic heterocycles. The number of carboxylic acid groups (broad SMARTS) is 1. The highest BCUT2D eigenvalue weighted by Crippen LogP contribution is 1.96. The van der Waals surface area contributed by atoms with Gasteiger partial charge in [0.05, 0.1) is 0 Å². The average Bonchev–Trinajstić information content (AvgIpc) is 2.24. The number of hydrogen-bond acceptors (Lipinski definition) is 3. The number of aliphatic carboxylic acids is 1. The maximum absolute atomic E-state index is 11.6. The number of amides is 3. The zero-order chi connectivity index (χ0) is 15.0. The predicted molar refractivity (Wildman–Crippen MR) is 70.7 cm³/mol. The molecule has 19 heavy (non-hydrogen) atoms.